The quantitative estimate of drug-likeness (QED) is 0.670. The molecule has 9 nitrogen and oxygen atoms in total. The first kappa shape index (κ1) is 19.0. The van der Waals surface area contributed by atoms with Crippen LogP contribution in [0.15, 0.2) is 18.2 Å². The van der Waals surface area contributed by atoms with Crippen LogP contribution in [0.25, 0.3) is 0 Å². The van der Waals surface area contributed by atoms with Crippen molar-refractivity contribution in [2.24, 2.45) is 0 Å². The molecule has 27 heavy (non-hydrogen) atoms. The number of piperazine rings is 1. The van der Waals surface area contributed by atoms with Crippen molar-refractivity contribution < 1.29 is 28.6 Å². The maximum Gasteiger partial charge on any atom is 0.307 e. The molecule has 146 valence electrons. The average molecular weight is 377 g/mol. The summed E-state index contributed by atoms with van der Waals surface area (Å²) in [5.74, 6) is 0.339. The monoisotopic (exact) mass is 377 g/mol. The van der Waals surface area contributed by atoms with E-state index in [0.717, 1.165) is 5.56 Å². The van der Waals surface area contributed by atoms with Crippen LogP contribution >= 0.6 is 0 Å². The fraction of sp³-hybridized carbons (Fsp3) is 0.500. The number of methoxy groups -OCH3 is 1. The van der Waals surface area contributed by atoms with E-state index < -0.39 is 12.0 Å². The van der Waals surface area contributed by atoms with Gasteiger partial charge in [0.2, 0.25) is 18.6 Å². The molecule has 0 aromatic heterocycles. The number of carbonyl (C=O) groups excluding carboxylic acids is 3. The van der Waals surface area contributed by atoms with Crippen molar-refractivity contribution in [3.05, 3.63) is 23.8 Å². The van der Waals surface area contributed by atoms with Crippen LogP contribution < -0.4 is 20.1 Å². The van der Waals surface area contributed by atoms with E-state index in [-0.39, 0.29) is 37.6 Å². The van der Waals surface area contributed by atoms with Gasteiger partial charge in [-0.25, -0.2) is 0 Å². The van der Waals surface area contributed by atoms with Gasteiger partial charge in [-0.15, -0.1) is 0 Å². The van der Waals surface area contributed by atoms with E-state index in [1.54, 1.807) is 4.90 Å². The predicted octanol–water partition coefficient (Wildman–Crippen LogP) is -0.0440. The van der Waals surface area contributed by atoms with Crippen LogP contribution in [0, 0.1) is 0 Å². The average Bonchev–Trinajstić information content (AvgIpc) is 3.12. The topological polar surface area (TPSA) is 106 Å². The van der Waals surface area contributed by atoms with Crippen molar-refractivity contribution in [1.82, 2.24) is 15.5 Å². The van der Waals surface area contributed by atoms with Crippen LogP contribution in [0.5, 0.6) is 11.5 Å². The molecule has 0 saturated carbocycles. The molecule has 9 heteroatoms. The van der Waals surface area contributed by atoms with Crippen LogP contribution in [0.1, 0.15) is 24.9 Å². The lowest BCUT2D eigenvalue weighted by Gasteiger charge is -2.34. The zero-order valence-corrected chi connectivity index (χ0v) is 15.3. The molecule has 3 rings (SSSR count). The van der Waals surface area contributed by atoms with Crippen LogP contribution in [0.4, 0.5) is 0 Å². The summed E-state index contributed by atoms with van der Waals surface area (Å²) in [5, 5.41) is 5.62. The molecule has 1 fully saturated rings. The Balaban J connectivity index is 1.60. The number of amides is 2. The minimum absolute atomic E-state index is 0.0178. The van der Waals surface area contributed by atoms with E-state index in [2.05, 4.69) is 15.4 Å². The highest BCUT2D eigenvalue weighted by Crippen LogP contribution is 2.34. The molecule has 1 aromatic rings. The van der Waals surface area contributed by atoms with E-state index >= 15 is 0 Å². The number of nitrogens with one attached hydrogen (secondary N) is 2. The summed E-state index contributed by atoms with van der Waals surface area (Å²) >= 11 is 0. The summed E-state index contributed by atoms with van der Waals surface area (Å²) in [5.41, 5.74) is 0.884. The second kappa shape index (κ2) is 8.26. The number of ether oxygens (including phenoxy) is 3. The first-order valence-corrected chi connectivity index (χ1v) is 8.75. The van der Waals surface area contributed by atoms with E-state index in [1.807, 2.05) is 25.1 Å². The third-order valence-electron chi connectivity index (χ3n) is 4.65. The Morgan fingerprint density at radius 1 is 1.37 bits per heavy atom. The Kier molecular flexibility index (Phi) is 5.80. The highest BCUT2D eigenvalue weighted by Gasteiger charge is 2.33. The fourth-order valence-electron chi connectivity index (χ4n) is 3.15. The third kappa shape index (κ3) is 4.48. The predicted molar refractivity (Wildman–Crippen MR) is 94.1 cm³/mol. The SMILES string of the molecule is COC(=O)C[C@H]1C(=O)NCCN1CC(=O)N[C@@H](C)c1ccc2c(c1)OCO2. The van der Waals surface area contributed by atoms with Gasteiger partial charge in [-0.2, -0.15) is 0 Å². The minimum atomic E-state index is -0.710. The van der Waals surface area contributed by atoms with E-state index in [0.29, 0.717) is 24.6 Å². The number of rotatable bonds is 6. The third-order valence-corrected chi connectivity index (χ3v) is 4.65. The number of hydrogen-bond donors (Lipinski definition) is 2. The van der Waals surface area contributed by atoms with Crippen LogP contribution in [-0.4, -0.2) is 62.3 Å². The molecule has 2 N–H and O–H groups in total. The number of nitrogens with zero attached hydrogens (tertiary/aromatic N) is 1. The van der Waals surface area contributed by atoms with Gasteiger partial charge in [-0.05, 0) is 24.6 Å². The van der Waals surface area contributed by atoms with Gasteiger partial charge in [0.1, 0.15) is 6.04 Å². The van der Waals surface area contributed by atoms with Crippen molar-refractivity contribution in [3.63, 3.8) is 0 Å². The standard InChI is InChI=1S/C18H23N3O6/c1-11(12-3-4-14-15(7-12)27-10-26-14)20-16(22)9-21-6-5-19-18(24)13(21)8-17(23)25-2/h3-4,7,11,13H,5-6,8-10H2,1-2H3,(H,19,24)(H,20,22)/t11-,13-/m0/s1. The second-order valence-corrected chi connectivity index (χ2v) is 6.46. The lowest BCUT2D eigenvalue weighted by molar-refractivity contribution is -0.146. The van der Waals surface area contributed by atoms with Crippen molar-refractivity contribution in [2.45, 2.75) is 25.4 Å². The first-order valence-electron chi connectivity index (χ1n) is 8.75. The number of hydrogen-bond acceptors (Lipinski definition) is 7. The number of fused-ring (bicyclic) bond motifs is 1. The van der Waals surface area contributed by atoms with Gasteiger partial charge in [0.25, 0.3) is 0 Å². The summed E-state index contributed by atoms with van der Waals surface area (Å²) in [6.45, 7) is 2.99. The first-order chi connectivity index (χ1) is 13.0. The van der Waals surface area contributed by atoms with Gasteiger partial charge in [0.15, 0.2) is 11.5 Å². The summed E-state index contributed by atoms with van der Waals surface area (Å²) in [7, 11) is 1.27. The molecule has 0 radical (unpaired) electrons. The van der Waals surface area contributed by atoms with E-state index in [9.17, 15) is 14.4 Å². The normalized spacial score (nSPS) is 19.9. The number of benzene rings is 1. The van der Waals surface area contributed by atoms with Crippen molar-refractivity contribution in [1.29, 1.82) is 0 Å². The molecule has 0 bridgehead atoms. The number of esters is 1. The van der Waals surface area contributed by atoms with E-state index in [4.69, 9.17) is 9.47 Å². The lowest BCUT2D eigenvalue weighted by atomic mass is 10.1. The van der Waals surface area contributed by atoms with Crippen molar-refractivity contribution in [3.8, 4) is 11.5 Å². The summed E-state index contributed by atoms with van der Waals surface area (Å²) < 4.78 is 15.3. The second-order valence-electron chi connectivity index (χ2n) is 6.46. The van der Waals surface area contributed by atoms with Gasteiger partial charge >= 0.3 is 5.97 Å². The van der Waals surface area contributed by atoms with Crippen LogP contribution in [0.2, 0.25) is 0 Å². The van der Waals surface area contributed by atoms with Crippen molar-refractivity contribution in [2.75, 3.05) is 33.5 Å². The maximum absolute atomic E-state index is 12.5. The van der Waals surface area contributed by atoms with Gasteiger partial charge < -0.3 is 24.8 Å². The minimum Gasteiger partial charge on any atom is -0.469 e. The fourth-order valence-corrected chi connectivity index (χ4v) is 3.15. The van der Waals surface area contributed by atoms with Crippen LogP contribution in [-0.2, 0) is 19.1 Å². The largest absolute Gasteiger partial charge is 0.469 e. The smallest absolute Gasteiger partial charge is 0.307 e. The molecule has 0 unspecified atom stereocenters. The molecular weight excluding hydrogens is 354 g/mol. The Bertz CT molecular complexity index is 738. The Morgan fingerprint density at radius 3 is 2.93 bits per heavy atom. The highest BCUT2D eigenvalue weighted by molar-refractivity contribution is 5.88. The summed E-state index contributed by atoms with van der Waals surface area (Å²) in [6.07, 6.45) is -0.0900. The molecule has 2 heterocycles. The lowest BCUT2D eigenvalue weighted by Crippen LogP contribution is -2.58. The Morgan fingerprint density at radius 2 is 2.15 bits per heavy atom. The molecule has 2 aliphatic rings. The van der Waals surface area contributed by atoms with Gasteiger partial charge in [-0.3, -0.25) is 19.3 Å². The summed E-state index contributed by atoms with van der Waals surface area (Å²) in [6, 6.07) is 4.55. The Hall–Kier alpha value is -2.81. The van der Waals surface area contributed by atoms with Crippen LogP contribution in [0.3, 0.4) is 0 Å². The maximum atomic E-state index is 12.5. The molecule has 2 amide bonds. The number of carbonyl (C=O) groups is 3. The Labute approximate surface area is 156 Å². The molecule has 0 aliphatic carbocycles. The van der Waals surface area contributed by atoms with Gasteiger partial charge in [-0.1, -0.05) is 6.07 Å². The molecular formula is C18H23N3O6. The zero-order valence-electron chi connectivity index (χ0n) is 15.3. The zero-order chi connectivity index (χ0) is 19.4. The molecule has 1 saturated heterocycles. The molecule has 2 aliphatic heterocycles. The molecule has 2 atom stereocenters. The van der Waals surface area contributed by atoms with Gasteiger partial charge in [0, 0.05) is 13.1 Å². The molecule has 1 aromatic carbocycles. The summed E-state index contributed by atoms with van der Waals surface area (Å²) in [4.78, 5) is 37.8. The van der Waals surface area contributed by atoms with Gasteiger partial charge in [0.05, 0.1) is 26.1 Å². The van der Waals surface area contributed by atoms with E-state index in [1.165, 1.54) is 7.11 Å². The molecule has 0 spiro atoms. The van der Waals surface area contributed by atoms with Crippen molar-refractivity contribution >= 4 is 17.8 Å². The highest BCUT2D eigenvalue weighted by atomic mass is 16.7.